The minimum atomic E-state index is -0.722. The van der Waals surface area contributed by atoms with Crippen molar-refractivity contribution >= 4 is 40.3 Å². The van der Waals surface area contributed by atoms with E-state index in [9.17, 15) is 18.4 Å². The van der Waals surface area contributed by atoms with Gasteiger partial charge >= 0.3 is 0 Å². The highest BCUT2D eigenvalue weighted by Gasteiger charge is 2.19. The standard InChI is InChI=1S/C31H25F2N5O2S/c32-23-8-10-28(25(33)16-23)41-37-27-15-22(17-35-30(27)39)20-7-9-26-21(13-20)14-24(29(34)36-26)18-3-5-19(6-4-18)31(40)38-11-1-2-12-38/h3-10,13-17,37H,1-2,11-12H2,(H2,34,36)(H,35,39). The number of amides is 1. The Hall–Kier alpha value is -4.70. The number of anilines is 2. The zero-order valence-electron chi connectivity index (χ0n) is 21.8. The van der Waals surface area contributed by atoms with Gasteiger partial charge in [-0.05, 0) is 84.4 Å². The van der Waals surface area contributed by atoms with Crippen molar-refractivity contribution in [2.75, 3.05) is 23.5 Å². The number of pyridine rings is 2. The Kier molecular flexibility index (Phi) is 7.15. The van der Waals surface area contributed by atoms with Crippen molar-refractivity contribution in [3.05, 3.63) is 107 Å². The van der Waals surface area contributed by atoms with E-state index in [4.69, 9.17) is 5.73 Å². The Morgan fingerprint density at radius 2 is 1.68 bits per heavy atom. The predicted octanol–water partition coefficient (Wildman–Crippen LogP) is 6.47. The van der Waals surface area contributed by atoms with E-state index in [-0.39, 0.29) is 22.0 Å². The molecular weight excluding hydrogens is 544 g/mol. The Morgan fingerprint density at radius 3 is 2.44 bits per heavy atom. The third-order valence-electron chi connectivity index (χ3n) is 7.08. The number of H-pyrrole nitrogens is 1. The van der Waals surface area contributed by atoms with Gasteiger partial charge in [-0.2, -0.15) is 0 Å². The summed E-state index contributed by atoms with van der Waals surface area (Å²) in [5.41, 5.74) is 10.6. The summed E-state index contributed by atoms with van der Waals surface area (Å²) in [5.74, 6) is -0.976. The molecule has 0 spiro atoms. The topological polar surface area (TPSA) is 104 Å². The van der Waals surface area contributed by atoms with E-state index in [1.807, 2.05) is 53.4 Å². The fourth-order valence-electron chi connectivity index (χ4n) is 4.89. The SMILES string of the molecule is Nc1nc2ccc(-c3c[nH]c(=O)c(NSc4ccc(F)cc4F)c3)cc2cc1-c1ccc(C(=O)N2CCCC2)cc1. The summed E-state index contributed by atoms with van der Waals surface area (Å²) in [6, 6.07) is 19.9. The first kappa shape index (κ1) is 26.5. The molecule has 10 heteroatoms. The lowest BCUT2D eigenvalue weighted by molar-refractivity contribution is 0.0793. The van der Waals surface area contributed by atoms with E-state index in [0.717, 1.165) is 77.7 Å². The van der Waals surface area contributed by atoms with E-state index < -0.39 is 11.6 Å². The molecule has 41 heavy (non-hydrogen) atoms. The number of carbonyl (C=O) groups is 1. The van der Waals surface area contributed by atoms with E-state index in [1.54, 1.807) is 12.3 Å². The van der Waals surface area contributed by atoms with Gasteiger partial charge in [-0.25, -0.2) is 13.8 Å². The molecule has 2 aromatic heterocycles. The number of aromatic amines is 1. The van der Waals surface area contributed by atoms with Crippen LogP contribution in [0.1, 0.15) is 23.2 Å². The van der Waals surface area contributed by atoms with Gasteiger partial charge in [-0.15, -0.1) is 0 Å². The third-order valence-corrected chi connectivity index (χ3v) is 7.95. The maximum Gasteiger partial charge on any atom is 0.272 e. The minimum Gasteiger partial charge on any atom is -0.383 e. The summed E-state index contributed by atoms with van der Waals surface area (Å²) < 4.78 is 30.1. The summed E-state index contributed by atoms with van der Waals surface area (Å²) in [7, 11) is 0. The Morgan fingerprint density at radius 1 is 0.927 bits per heavy atom. The van der Waals surface area contributed by atoms with Gasteiger partial charge in [0.05, 0.1) is 10.4 Å². The molecule has 206 valence electrons. The second kappa shape index (κ2) is 11.1. The van der Waals surface area contributed by atoms with Crippen molar-refractivity contribution in [3.8, 4) is 22.3 Å². The highest BCUT2D eigenvalue weighted by molar-refractivity contribution is 8.00. The molecule has 0 atom stereocenters. The maximum atomic E-state index is 14.0. The van der Waals surface area contributed by atoms with E-state index >= 15 is 0 Å². The number of fused-ring (bicyclic) bond motifs is 1. The molecule has 0 radical (unpaired) electrons. The van der Waals surface area contributed by atoms with Crippen molar-refractivity contribution in [1.82, 2.24) is 14.9 Å². The second-order valence-electron chi connectivity index (χ2n) is 9.82. The molecule has 1 amide bonds. The summed E-state index contributed by atoms with van der Waals surface area (Å²) >= 11 is 0.881. The highest BCUT2D eigenvalue weighted by Crippen LogP contribution is 2.32. The van der Waals surface area contributed by atoms with Crippen LogP contribution in [0, 0.1) is 11.6 Å². The average Bonchev–Trinajstić information content (AvgIpc) is 3.52. The van der Waals surface area contributed by atoms with Gasteiger partial charge in [0.15, 0.2) is 0 Å². The van der Waals surface area contributed by atoms with Crippen LogP contribution in [0.2, 0.25) is 0 Å². The number of nitrogens with zero attached hydrogens (tertiary/aromatic N) is 2. The molecule has 0 unspecified atom stereocenters. The average molecular weight is 570 g/mol. The van der Waals surface area contributed by atoms with Crippen molar-refractivity contribution < 1.29 is 13.6 Å². The molecule has 0 bridgehead atoms. The quantitative estimate of drug-likeness (QED) is 0.203. The highest BCUT2D eigenvalue weighted by atomic mass is 32.2. The third kappa shape index (κ3) is 5.51. The number of carbonyl (C=O) groups excluding carboxylic acids is 1. The van der Waals surface area contributed by atoms with Crippen LogP contribution in [-0.4, -0.2) is 33.9 Å². The molecule has 5 aromatic rings. The van der Waals surface area contributed by atoms with Crippen LogP contribution in [0.4, 0.5) is 20.3 Å². The maximum absolute atomic E-state index is 14.0. The predicted molar refractivity (Wildman–Crippen MR) is 159 cm³/mol. The molecule has 0 saturated carbocycles. The largest absolute Gasteiger partial charge is 0.383 e. The van der Waals surface area contributed by atoms with Crippen LogP contribution < -0.4 is 16.0 Å². The number of aromatic nitrogens is 2. The van der Waals surface area contributed by atoms with Gasteiger partial charge in [0, 0.05) is 47.4 Å². The first-order chi connectivity index (χ1) is 19.9. The van der Waals surface area contributed by atoms with Crippen LogP contribution in [0.15, 0.2) is 88.7 Å². The van der Waals surface area contributed by atoms with E-state index in [1.165, 1.54) is 6.07 Å². The summed E-state index contributed by atoms with van der Waals surface area (Å²) in [4.78, 5) is 34.5. The van der Waals surface area contributed by atoms with E-state index in [0.29, 0.717) is 16.9 Å². The van der Waals surface area contributed by atoms with Crippen LogP contribution in [-0.2, 0) is 0 Å². The first-order valence-corrected chi connectivity index (χ1v) is 13.9. The van der Waals surface area contributed by atoms with Crippen LogP contribution in [0.3, 0.4) is 0 Å². The normalized spacial score (nSPS) is 13.1. The van der Waals surface area contributed by atoms with Crippen LogP contribution >= 0.6 is 11.9 Å². The van der Waals surface area contributed by atoms with Gasteiger partial charge in [0.2, 0.25) is 0 Å². The fourth-order valence-corrected chi connectivity index (χ4v) is 5.56. The molecule has 0 aliphatic carbocycles. The lowest BCUT2D eigenvalue weighted by atomic mass is 10.00. The van der Waals surface area contributed by atoms with Gasteiger partial charge in [-0.1, -0.05) is 18.2 Å². The Balaban J connectivity index is 1.27. The number of halogens is 2. The molecule has 3 aromatic carbocycles. The molecule has 4 N–H and O–H groups in total. The Labute approximate surface area is 238 Å². The molecule has 7 nitrogen and oxygen atoms in total. The Bertz CT molecular complexity index is 1840. The van der Waals surface area contributed by atoms with Crippen molar-refractivity contribution in [1.29, 1.82) is 0 Å². The first-order valence-electron chi connectivity index (χ1n) is 13.1. The van der Waals surface area contributed by atoms with E-state index in [2.05, 4.69) is 14.7 Å². The number of rotatable bonds is 6. The molecule has 1 saturated heterocycles. The van der Waals surface area contributed by atoms with Crippen molar-refractivity contribution in [2.45, 2.75) is 17.7 Å². The number of hydrogen-bond acceptors (Lipinski definition) is 6. The van der Waals surface area contributed by atoms with Crippen LogP contribution in [0.5, 0.6) is 0 Å². The van der Waals surface area contributed by atoms with Gasteiger partial charge < -0.3 is 20.3 Å². The molecule has 1 fully saturated rings. The number of nitrogen functional groups attached to an aromatic ring is 1. The zero-order valence-corrected chi connectivity index (χ0v) is 22.6. The van der Waals surface area contributed by atoms with Crippen LogP contribution in [0.25, 0.3) is 33.2 Å². The lowest BCUT2D eigenvalue weighted by Crippen LogP contribution is -2.27. The molecule has 6 rings (SSSR count). The monoisotopic (exact) mass is 569 g/mol. The smallest absolute Gasteiger partial charge is 0.272 e. The summed E-state index contributed by atoms with van der Waals surface area (Å²) in [6.07, 6.45) is 3.67. The number of hydrogen-bond donors (Lipinski definition) is 3. The molecule has 1 aliphatic rings. The lowest BCUT2D eigenvalue weighted by Gasteiger charge is -2.15. The zero-order chi connectivity index (χ0) is 28.5. The van der Waals surface area contributed by atoms with Crippen molar-refractivity contribution in [3.63, 3.8) is 0 Å². The summed E-state index contributed by atoms with van der Waals surface area (Å²) in [5, 5.41) is 0.840. The number of benzene rings is 3. The van der Waals surface area contributed by atoms with Gasteiger partial charge in [0.25, 0.3) is 11.5 Å². The number of nitrogens with one attached hydrogen (secondary N) is 2. The molecular formula is C31H25F2N5O2S. The van der Waals surface area contributed by atoms with Gasteiger partial charge in [0.1, 0.15) is 23.1 Å². The summed E-state index contributed by atoms with van der Waals surface area (Å²) in [6.45, 7) is 1.59. The number of nitrogens with two attached hydrogens (primary N) is 1. The van der Waals surface area contributed by atoms with Gasteiger partial charge in [-0.3, -0.25) is 9.59 Å². The minimum absolute atomic E-state index is 0.0410. The fraction of sp³-hybridized carbons (Fsp3) is 0.129. The molecule has 3 heterocycles. The molecule has 1 aliphatic heterocycles. The van der Waals surface area contributed by atoms with Crippen molar-refractivity contribution in [2.24, 2.45) is 0 Å². The second-order valence-corrected chi connectivity index (χ2v) is 10.7. The number of likely N-dealkylation sites (tertiary alicyclic amines) is 1.